The van der Waals surface area contributed by atoms with Crippen molar-refractivity contribution < 1.29 is 14.4 Å². The van der Waals surface area contributed by atoms with Gasteiger partial charge >= 0.3 is 0 Å². The van der Waals surface area contributed by atoms with Gasteiger partial charge in [-0.25, -0.2) is 0 Å². The average Bonchev–Trinajstić information content (AvgIpc) is 2.73. The molecular weight excluding hydrogens is 398 g/mol. The summed E-state index contributed by atoms with van der Waals surface area (Å²) >= 11 is 0. The van der Waals surface area contributed by atoms with Crippen LogP contribution in [-0.4, -0.2) is 40.7 Å². The summed E-state index contributed by atoms with van der Waals surface area (Å²) in [6, 6.07) is 6.45. The molecule has 0 aliphatic carbocycles. The molecule has 0 spiro atoms. The summed E-state index contributed by atoms with van der Waals surface area (Å²) in [5.74, 6) is -0.836. The van der Waals surface area contributed by atoms with Gasteiger partial charge in [0.25, 0.3) is 5.56 Å². The summed E-state index contributed by atoms with van der Waals surface area (Å²) in [6.45, 7) is 5.16. The Morgan fingerprint density at radius 1 is 1.19 bits per heavy atom. The maximum atomic E-state index is 12.9. The lowest BCUT2D eigenvalue weighted by Gasteiger charge is -2.32. The van der Waals surface area contributed by atoms with Crippen LogP contribution in [0.15, 0.2) is 29.1 Å². The predicted octanol–water partition coefficient (Wildman–Crippen LogP) is 2.27. The summed E-state index contributed by atoms with van der Waals surface area (Å²) in [5.41, 5.74) is 0.739. The van der Waals surface area contributed by atoms with E-state index >= 15 is 0 Å². The van der Waals surface area contributed by atoms with Crippen LogP contribution in [-0.2, 0) is 9.59 Å². The van der Waals surface area contributed by atoms with Crippen LogP contribution < -0.4 is 21.1 Å². The molecule has 2 amide bonds. The number of hydrogen-bond acceptors (Lipinski definition) is 6. The maximum absolute atomic E-state index is 12.9. The molecule has 3 N–H and O–H groups in total. The Kier molecular flexibility index (Phi) is 5.58. The topological polar surface area (TPSA) is 124 Å². The van der Waals surface area contributed by atoms with Gasteiger partial charge in [0.2, 0.25) is 17.8 Å². The van der Waals surface area contributed by atoms with E-state index in [-0.39, 0.29) is 29.5 Å². The van der Waals surface area contributed by atoms with Gasteiger partial charge in [0.15, 0.2) is 5.78 Å². The molecule has 0 unspecified atom stereocenters. The summed E-state index contributed by atoms with van der Waals surface area (Å²) in [7, 11) is 0. The number of hydrogen-bond donors (Lipinski definition) is 3. The van der Waals surface area contributed by atoms with E-state index in [4.69, 9.17) is 0 Å². The van der Waals surface area contributed by atoms with Crippen molar-refractivity contribution in [3.63, 3.8) is 0 Å². The second-order valence-corrected chi connectivity index (χ2v) is 8.27. The number of carbonyl (C=O) groups excluding carboxylic acids is 3. The number of Topliss-reactive ketones (excluding diaryl/α,β-unsaturated/α-hetero) is 1. The van der Waals surface area contributed by atoms with Crippen molar-refractivity contribution in [3.05, 3.63) is 45.7 Å². The fourth-order valence-corrected chi connectivity index (χ4v) is 4.13. The Morgan fingerprint density at radius 3 is 2.61 bits per heavy atom. The zero-order chi connectivity index (χ0) is 22.1. The Balaban J connectivity index is 1.60. The second kappa shape index (κ2) is 8.33. The van der Waals surface area contributed by atoms with Gasteiger partial charge in [-0.15, -0.1) is 0 Å². The molecule has 0 radical (unpaired) electrons. The first-order valence-electron chi connectivity index (χ1n) is 10.4. The van der Waals surface area contributed by atoms with Gasteiger partial charge < -0.3 is 15.5 Å². The van der Waals surface area contributed by atoms with E-state index in [2.05, 4.69) is 27.5 Å². The molecule has 2 aliphatic heterocycles. The largest absolute Gasteiger partial charge is 0.342 e. The van der Waals surface area contributed by atoms with Gasteiger partial charge in [0, 0.05) is 30.8 Å². The van der Waals surface area contributed by atoms with E-state index in [0.29, 0.717) is 23.1 Å². The van der Waals surface area contributed by atoms with E-state index in [1.807, 2.05) is 4.90 Å². The lowest BCUT2D eigenvalue weighted by Crippen LogP contribution is -2.40. The summed E-state index contributed by atoms with van der Waals surface area (Å²) in [6.07, 6.45) is 1.98. The summed E-state index contributed by atoms with van der Waals surface area (Å²) < 4.78 is 0. The number of nitrogens with one attached hydrogen (secondary N) is 3. The zero-order valence-electron chi connectivity index (χ0n) is 17.5. The highest BCUT2D eigenvalue weighted by molar-refractivity contribution is 6.04. The molecule has 31 heavy (non-hydrogen) atoms. The van der Waals surface area contributed by atoms with Crippen LogP contribution in [0.5, 0.6) is 0 Å². The number of amides is 2. The number of benzene rings is 1. The molecule has 0 saturated carbocycles. The summed E-state index contributed by atoms with van der Waals surface area (Å²) in [4.78, 5) is 58.8. The number of H-pyrrole nitrogens is 1. The van der Waals surface area contributed by atoms with E-state index in [1.54, 1.807) is 24.3 Å². The van der Waals surface area contributed by atoms with Crippen molar-refractivity contribution in [1.82, 2.24) is 9.97 Å². The number of ketones is 1. The molecule has 1 aromatic carbocycles. The first kappa shape index (κ1) is 20.8. The molecule has 2 aromatic rings. The Labute approximate surface area is 179 Å². The van der Waals surface area contributed by atoms with Crippen molar-refractivity contribution in [2.45, 2.75) is 39.0 Å². The minimum Gasteiger partial charge on any atom is -0.342 e. The number of anilines is 3. The highest BCUT2D eigenvalue weighted by Crippen LogP contribution is 2.31. The van der Waals surface area contributed by atoms with Crippen molar-refractivity contribution in [1.29, 1.82) is 0 Å². The third-order valence-corrected chi connectivity index (χ3v) is 5.77. The normalized spacial score (nSPS) is 20.6. The van der Waals surface area contributed by atoms with E-state index in [9.17, 15) is 19.2 Å². The van der Waals surface area contributed by atoms with Gasteiger partial charge in [-0.2, -0.15) is 4.98 Å². The number of fused-ring (bicyclic) bond motifs is 1. The molecule has 1 fully saturated rings. The van der Waals surface area contributed by atoms with Crippen LogP contribution in [0.1, 0.15) is 54.9 Å². The Hall–Kier alpha value is -3.49. The average molecular weight is 423 g/mol. The quantitative estimate of drug-likeness (QED) is 0.648. The third-order valence-electron chi connectivity index (χ3n) is 5.77. The number of aromatic amines is 1. The lowest BCUT2D eigenvalue weighted by molar-refractivity contribution is -0.123. The molecule has 162 valence electrons. The van der Waals surface area contributed by atoms with Crippen molar-refractivity contribution in [2.75, 3.05) is 28.6 Å². The van der Waals surface area contributed by atoms with Gasteiger partial charge in [-0.1, -0.05) is 6.92 Å². The molecule has 2 atom stereocenters. The van der Waals surface area contributed by atoms with Gasteiger partial charge in [0.05, 0.1) is 11.5 Å². The number of rotatable bonds is 4. The molecular formula is C22H25N5O4. The van der Waals surface area contributed by atoms with Gasteiger partial charge in [-0.3, -0.25) is 24.2 Å². The molecule has 4 rings (SSSR count). The van der Waals surface area contributed by atoms with Gasteiger partial charge in [0.1, 0.15) is 5.82 Å². The van der Waals surface area contributed by atoms with Crippen LogP contribution in [0.25, 0.3) is 0 Å². The number of piperidine rings is 1. The van der Waals surface area contributed by atoms with Crippen molar-refractivity contribution in [2.24, 2.45) is 5.92 Å². The van der Waals surface area contributed by atoms with Crippen LogP contribution >= 0.6 is 0 Å². The minimum absolute atomic E-state index is 0.0766. The molecule has 3 heterocycles. The Morgan fingerprint density at radius 2 is 1.94 bits per heavy atom. The standard InChI is InChI=1S/C22H25N5O4/c1-12-4-3-9-27(11-12)22-25-19-18(21(31)26-22)16(10-17(29)24-19)20(30)23-15-7-5-14(6-8-15)13(2)28/h5-8,12,16H,3-4,9-11H2,1-2H3,(H,23,30)(H2,24,25,26,29,31)/t12-,16+/m1/s1. The monoisotopic (exact) mass is 423 g/mol. The molecule has 9 nitrogen and oxygen atoms in total. The Bertz CT molecular complexity index is 1090. The zero-order valence-corrected chi connectivity index (χ0v) is 17.5. The van der Waals surface area contributed by atoms with Crippen LogP contribution in [0, 0.1) is 5.92 Å². The van der Waals surface area contributed by atoms with Gasteiger partial charge in [-0.05, 0) is 49.9 Å². The smallest absolute Gasteiger partial charge is 0.258 e. The molecule has 2 aliphatic rings. The molecule has 0 bridgehead atoms. The minimum atomic E-state index is -0.957. The number of aromatic nitrogens is 2. The fourth-order valence-electron chi connectivity index (χ4n) is 4.13. The van der Waals surface area contributed by atoms with E-state index in [0.717, 1.165) is 25.9 Å². The molecule has 1 saturated heterocycles. The second-order valence-electron chi connectivity index (χ2n) is 8.27. The van der Waals surface area contributed by atoms with E-state index < -0.39 is 17.4 Å². The lowest BCUT2D eigenvalue weighted by atomic mass is 9.92. The molecule has 1 aromatic heterocycles. The third kappa shape index (κ3) is 4.35. The highest BCUT2D eigenvalue weighted by atomic mass is 16.2. The number of carbonyl (C=O) groups is 3. The fraction of sp³-hybridized carbons (Fsp3) is 0.409. The van der Waals surface area contributed by atoms with Crippen molar-refractivity contribution in [3.8, 4) is 0 Å². The first-order chi connectivity index (χ1) is 14.8. The van der Waals surface area contributed by atoms with Crippen LogP contribution in [0.4, 0.5) is 17.5 Å². The predicted molar refractivity (Wildman–Crippen MR) is 117 cm³/mol. The highest BCUT2D eigenvalue weighted by Gasteiger charge is 2.35. The van der Waals surface area contributed by atoms with Crippen LogP contribution in [0.2, 0.25) is 0 Å². The number of nitrogens with zero attached hydrogens (tertiary/aromatic N) is 2. The van der Waals surface area contributed by atoms with Crippen LogP contribution in [0.3, 0.4) is 0 Å². The van der Waals surface area contributed by atoms with E-state index in [1.165, 1.54) is 6.92 Å². The first-order valence-corrected chi connectivity index (χ1v) is 10.4. The SMILES string of the molecule is CC(=O)c1ccc(NC(=O)[C@H]2CC(=O)Nc3nc(N4CCC[C@@H](C)C4)[nH]c(=O)c32)cc1. The summed E-state index contributed by atoms with van der Waals surface area (Å²) in [5, 5.41) is 5.37. The maximum Gasteiger partial charge on any atom is 0.258 e. The molecule has 9 heteroatoms. The van der Waals surface area contributed by atoms with Crippen molar-refractivity contribution >= 4 is 35.1 Å².